The molecule has 0 atom stereocenters. The van der Waals surface area contributed by atoms with E-state index in [4.69, 9.17) is 0 Å². The SMILES string of the molecule is C(#Cc1ccc2ccccc2c1)Nc1ccccc1. The highest BCUT2D eigenvalue weighted by Gasteiger charge is 1.92. The van der Waals surface area contributed by atoms with Crippen molar-refractivity contribution in [2.75, 3.05) is 5.32 Å². The van der Waals surface area contributed by atoms with Crippen LogP contribution in [0.2, 0.25) is 0 Å². The second-order valence-corrected chi connectivity index (χ2v) is 4.30. The topological polar surface area (TPSA) is 12.0 Å². The molecule has 0 aliphatic rings. The Labute approximate surface area is 112 Å². The number of anilines is 1. The fraction of sp³-hybridized carbons (Fsp3) is 0. The normalized spacial score (nSPS) is 9.68. The van der Waals surface area contributed by atoms with Crippen LogP contribution in [0.25, 0.3) is 10.8 Å². The van der Waals surface area contributed by atoms with Gasteiger partial charge in [0.25, 0.3) is 0 Å². The second-order valence-electron chi connectivity index (χ2n) is 4.30. The Bertz CT molecular complexity index is 748. The first-order valence-corrected chi connectivity index (χ1v) is 6.23. The average Bonchev–Trinajstić information content (AvgIpc) is 2.48. The van der Waals surface area contributed by atoms with Crippen LogP contribution in [0.15, 0.2) is 72.8 Å². The van der Waals surface area contributed by atoms with E-state index in [1.165, 1.54) is 10.8 Å². The molecule has 0 aliphatic carbocycles. The lowest BCUT2D eigenvalue weighted by Gasteiger charge is -1.98. The zero-order valence-corrected chi connectivity index (χ0v) is 10.4. The Kier molecular flexibility index (Phi) is 3.16. The van der Waals surface area contributed by atoms with Crippen LogP contribution in [0.5, 0.6) is 0 Å². The van der Waals surface area contributed by atoms with Crippen molar-refractivity contribution in [3.05, 3.63) is 78.4 Å². The third-order valence-corrected chi connectivity index (χ3v) is 2.94. The first-order chi connectivity index (χ1) is 9.42. The third-order valence-electron chi connectivity index (χ3n) is 2.94. The minimum Gasteiger partial charge on any atom is -0.315 e. The van der Waals surface area contributed by atoms with Gasteiger partial charge in [-0.05, 0) is 41.0 Å². The second kappa shape index (κ2) is 5.29. The first-order valence-electron chi connectivity index (χ1n) is 6.23. The predicted octanol–water partition coefficient (Wildman–Crippen LogP) is 4.26. The Hall–Kier alpha value is -2.72. The van der Waals surface area contributed by atoms with Gasteiger partial charge in [-0.2, -0.15) is 0 Å². The fourth-order valence-corrected chi connectivity index (χ4v) is 1.96. The molecule has 0 fully saturated rings. The molecule has 1 nitrogen and oxygen atoms in total. The Balaban J connectivity index is 1.82. The summed E-state index contributed by atoms with van der Waals surface area (Å²) in [5.41, 5.74) is 2.03. The van der Waals surface area contributed by atoms with E-state index in [1.807, 2.05) is 48.5 Å². The molecule has 0 saturated carbocycles. The van der Waals surface area contributed by atoms with Crippen molar-refractivity contribution in [2.45, 2.75) is 0 Å². The molecule has 0 amide bonds. The smallest absolute Gasteiger partial charge is 0.0459 e. The van der Waals surface area contributed by atoms with E-state index in [2.05, 4.69) is 41.5 Å². The van der Waals surface area contributed by atoms with Gasteiger partial charge in [0.15, 0.2) is 0 Å². The molecule has 0 heterocycles. The van der Waals surface area contributed by atoms with Gasteiger partial charge in [-0.1, -0.05) is 48.5 Å². The Morgan fingerprint density at radius 2 is 1.42 bits per heavy atom. The maximum Gasteiger partial charge on any atom is 0.0459 e. The van der Waals surface area contributed by atoms with Gasteiger partial charge in [-0.15, -0.1) is 0 Å². The van der Waals surface area contributed by atoms with Crippen LogP contribution in [0, 0.1) is 12.0 Å². The quantitative estimate of drug-likeness (QED) is 0.497. The van der Waals surface area contributed by atoms with Crippen LogP contribution in [0.3, 0.4) is 0 Å². The number of rotatable bonds is 1. The van der Waals surface area contributed by atoms with Crippen molar-refractivity contribution in [3.63, 3.8) is 0 Å². The van der Waals surface area contributed by atoms with Crippen LogP contribution < -0.4 is 5.32 Å². The summed E-state index contributed by atoms with van der Waals surface area (Å²) in [6.07, 6.45) is 0. The number of benzene rings is 3. The van der Waals surface area contributed by atoms with Crippen LogP contribution in [-0.2, 0) is 0 Å². The van der Waals surface area contributed by atoms with E-state index in [1.54, 1.807) is 0 Å². The highest BCUT2D eigenvalue weighted by molar-refractivity contribution is 5.83. The summed E-state index contributed by atoms with van der Waals surface area (Å²) in [6.45, 7) is 0. The summed E-state index contributed by atoms with van der Waals surface area (Å²) in [6, 6.07) is 27.5. The van der Waals surface area contributed by atoms with E-state index < -0.39 is 0 Å². The number of hydrogen-bond donors (Lipinski definition) is 1. The van der Waals surface area contributed by atoms with E-state index in [-0.39, 0.29) is 0 Å². The summed E-state index contributed by atoms with van der Waals surface area (Å²) in [5, 5.41) is 5.54. The summed E-state index contributed by atoms with van der Waals surface area (Å²) < 4.78 is 0. The van der Waals surface area contributed by atoms with Crippen molar-refractivity contribution >= 4 is 16.5 Å². The highest BCUT2D eigenvalue weighted by Crippen LogP contribution is 2.14. The monoisotopic (exact) mass is 243 g/mol. The molecule has 3 aromatic carbocycles. The molecule has 3 rings (SSSR count). The molecule has 0 aliphatic heterocycles. The van der Waals surface area contributed by atoms with Crippen molar-refractivity contribution in [1.29, 1.82) is 0 Å². The molecule has 90 valence electrons. The molecule has 19 heavy (non-hydrogen) atoms. The lowest BCUT2D eigenvalue weighted by Crippen LogP contribution is -1.87. The van der Waals surface area contributed by atoms with Gasteiger partial charge in [-0.3, -0.25) is 0 Å². The van der Waals surface area contributed by atoms with Crippen molar-refractivity contribution in [2.24, 2.45) is 0 Å². The van der Waals surface area contributed by atoms with Crippen LogP contribution in [0.1, 0.15) is 5.56 Å². The summed E-state index contributed by atoms with van der Waals surface area (Å²) >= 11 is 0. The van der Waals surface area contributed by atoms with Gasteiger partial charge in [-0.25, -0.2) is 0 Å². The van der Waals surface area contributed by atoms with Crippen LogP contribution in [0.4, 0.5) is 5.69 Å². The molecule has 0 bridgehead atoms. The predicted molar refractivity (Wildman–Crippen MR) is 80.9 cm³/mol. The minimum atomic E-state index is 1.01. The van der Waals surface area contributed by atoms with Crippen molar-refractivity contribution in [3.8, 4) is 12.0 Å². The molecule has 3 aromatic rings. The summed E-state index contributed by atoms with van der Waals surface area (Å²) in [4.78, 5) is 0. The maximum atomic E-state index is 3.12. The van der Waals surface area contributed by atoms with Crippen molar-refractivity contribution in [1.82, 2.24) is 0 Å². The van der Waals surface area contributed by atoms with Gasteiger partial charge in [0.1, 0.15) is 0 Å². The molecule has 1 heteroatoms. The highest BCUT2D eigenvalue weighted by atomic mass is 14.8. The molecular formula is C18H13N. The summed E-state index contributed by atoms with van der Waals surface area (Å²) in [7, 11) is 0. The summed E-state index contributed by atoms with van der Waals surface area (Å²) in [5.74, 6) is 3.12. The number of para-hydroxylation sites is 1. The lowest BCUT2D eigenvalue weighted by molar-refractivity contribution is 1.62. The van der Waals surface area contributed by atoms with Gasteiger partial charge in [0.2, 0.25) is 0 Å². The standard InChI is InChI=1S/C18H13N/c1-2-8-18(9-3-1)19-13-12-15-10-11-16-6-4-5-7-17(16)14-15/h1-11,14,19H. The fourth-order valence-electron chi connectivity index (χ4n) is 1.96. The van der Waals surface area contributed by atoms with Crippen molar-refractivity contribution < 1.29 is 0 Å². The zero-order valence-electron chi connectivity index (χ0n) is 10.4. The number of hydrogen-bond acceptors (Lipinski definition) is 1. The molecule has 0 radical (unpaired) electrons. The van der Waals surface area contributed by atoms with Crippen LogP contribution in [-0.4, -0.2) is 0 Å². The zero-order chi connectivity index (χ0) is 12.9. The molecule has 0 saturated heterocycles. The minimum absolute atomic E-state index is 1.01. The Morgan fingerprint density at radius 1 is 0.684 bits per heavy atom. The van der Waals surface area contributed by atoms with E-state index in [9.17, 15) is 0 Å². The van der Waals surface area contributed by atoms with Gasteiger partial charge in [0, 0.05) is 17.3 Å². The maximum absolute atomic E-state index is 3.12. The largest absolute Gasteiger partial charge is 0.315 e. The van der Waals surface area contributed by atoms with E-state index >= 15 is 0 Å². The first kappa shape index (κ1) is 11.4. The molecular weight excluding hydrogens is 230 g/mol. The van der Waals surface area contributed by atoms with Gasteiger partial charge < -0.3 is 5.32 Å². The molecule has 1 N–H and O–H groups in total. The van der Waals surface area contributed by atoms with Crippen LogP contribution >= 0.6 is 0 Å². The van der Waals surface area contributed by atoms with Gasteiger partial charge >= 0.3 is 0 Å². The molecule has 0 spiro atoms. The van der Waals surface area contributed by atoms with Gasteiger partial charge in [0.05, 0.1) is 0 Å². The third kappa shape index (κ3) is 2.75. The van der Waals surface area contributed by atoms with E-state index in [0.29, 0.717) is 0 Å². The Morgan fingerprint density at radius 3 is 2.26 bits per heavy atom. The number of fused-ring (bicyclic) bond motifs is 1. The van der Waals surface area contributed by atoms with E-state index in [0.717, 1.165) is 11.3 Å². The number of nitrogens with one attached hydrogen (secondary N) is 1. The molecule has 0 aromatic heterocycles. The average molecular weight is 243 g/mol. The molecule has 0 unspecified atom stereocenters. The lowest BCUT2D eigenvalue weighted by atomic mass is 10.1.